The molecule has 0 fully saturated rings. The van der Waals surface area contributed by atoms with E-state index in [2.05, 4.69) is 14.8 Å². The van der Waals surface area contributed by atoms with Gasteiger partial charge in [-0.25, -0.2) is 13.2 Å². The lowest BCUT2D eigenvalue weighted by Crippen LogP contribution is -2.25. The molecule has 0 N–H and O–H groups in total. The fourth-order valence-electron chi connectivity index (χ4n) is 2.26. The van der Waals surface area contributed by atoms with E-state index in [1.54, 1.807) is 24.3 Å². The van der Waals surface area contributed by atoms with Crippen molar-refractivity contribution in [3.05, 3.63) is 51.8 Å². The standard InChI is InChI=1S/C14H13N3O5S/c1-8-4-6-11(7-5-8)13-16-22-14(18)17(13)23(19,20)12-9(2)15-21-10(12)3/h4-7H,1-3H3. The van der Waals surface area contributed by atoms with Gasteiger partial charge in [0.15, 0.2) is 10.7 Å². The van der Waals surface area contributed by atoms with Crippen molar-refractivity contribution in [1.82, 2.24) is 14.3 Å². The lowest BCUT2D eigenvalue weighted by molar-refractivity contribution is 0.384. The molecule has 2 heterocycles. The number of hydrogen-bond donors (Lipinski definition) is 0. The average Bonchev–Trinajstić information content (AvgIpc) is 3.03. The Morgan fingerprint density at radius 2 is 1.65 bits per heavy atom. The third-order valence-corrected chi connectivity index (χ3v) is 5.25. The van der Waals surface area contributed by atoms with E-state index >= 15 is 0 Å². The SMILES string of the molecule is Cc1ccc(-c2noc(=O)n2S(=O)(=O)c2c(C)noc2C)cc1. The maximum atomic E-state index is 12.8. The predicted molar refractivity (Wildman–Crippen MR) is 79.5 cm³/mol. The molecule has 0 radical (unpaired) electrons. The number of aromatic nitrogens is 3. The number of hydrogen-bond acceptors (Lipinski definition) is 7. The highest BCUT2D eigenvalue weighted by Gasteiger charge is 2.32. The molecule has 0 aliphatic carbocycles. The van der Waals surface area contributed by atoms with Crippen molar-refractivity contribution in [3.63, 3.8) is 0 Å². The molecule has 2 aromatic heterocycles. The molecule has 0 aliphatic rings. The summed E-state index contributed by atoms with van der Waals surface area (Å²) < 4.78 is 35.7. The largest absolute Gasteiger partial charge is 0.456 e. The molecular formula is C14H13N3O5S. The molecular weight excluding hydrogens is 322 g/mol. The second-order valence-corrected chi connectivity index (χ2v) is 6.78. The summed E-state index contributed by atoms with van der Waals surface area (Å²) in [6.45, 7) is 4.82. The first-order valence-corrected chi connectivity index (χ1v) is 8.10. The molecule has 3 rings (SSSR count). The molecule has 0 saturated carbocycles. The highest BCUT2D eigenvalue weighted by atomic mass is 32.2. The summed E-state index contributed by atoms with van der Waals surface area (Å²) >= 11 is 0. The van der Waals surface area contributed by atoms with E-state index < -0.39 is 15.8 Å². The molecule has 9 heteroatoms. The fraction of sp³-hybridized carbons (Fsp3) is 0.214. The number of nitrogens with zero attached hydrogens (tertiary/aromatic N) is 3. The van der Waals surface area contributed by atoms with Crippen LogP contribution in [0.25, 0.3) is 11.4 Å². The van der Waals surface area contributed by atoms with Gasteiger partial charge < -0.3 is 4.52 Å². The van der Waals surface area contributed by atoms with Gasteiger partial charge in [-0.3, -0.25) is 4.52 Å². The van der Waals surface area contributed by atoms with E-state index in [1.807, 2.05) is 6.92 Å². The minimum Gasteiger partial charge on any atom is -0.360 e. The van der Waals surface area contributed by atoms with Gasteiger partial charge in [-0.2, -0.15) is 0 Å². The Hall–Kier alpha value is -2.68. The average molecular weight is 335 g/mol. The van der Waals surface area contributed by atoms with Crippen molar-refractivity contribution in [1.29, 1.82) is 0 Å². The van der Waals surface area contributed by atoms with Crippen LogP contribution in [0.3, 0.4) is 0 Å². The van der Waals surface area contributed by atoms with Gasteiger partial charge in [0.05, 0.1) is 0 Å². The van der Waals surface area contributed by atoms with E-state index in [1.165, 1.54) is 13.8 Å². The molecule has 0 aliphatic heterocycles. The quantitative estimate of drug-likeness (QED) is 0.716. The third-order valence-electron chi connectivity index (χ3n) is 3.34. The predicted octanol–water partition coefficient (Wildman–Crippen LogP) is 1.65. The van der Waals surface area contributed by atoms with Crippen LogP contribution in [0.1, 0.15) is 17.0 Å². The minimum absolute atomic E-state index is 0.0884. The van der Waals surface area contributed by atoms with Gasteiger partial charge in [-0.15, -0.1) is 3.97 Å². The molecule has 0 saturated heterocycles. The van der Waals surface area contributed by atoms with Crippen LogP contribution in [0.2, 0.25) is 0 Å². The highest BCUT2D eigenvalue weighted by Crippen LogP contribution is 2.25. The summed E-state index contributed by atoms with van der Waals surface area (Å²) in [5, 5.41) is 7.21. The smallest absolute Gasteiger partial charge is 0.360 e. The monoisotopic (exact) mass is 335 g/mol. The van der Waals surface area contributed by atoms with Gasteiger partial charge in [0.2, 0.25) is 5.82 Å². The Labute approximate surface area is 131 Å². The second kappa shape index (κ2) is 5.20. The summed E-state index contributed by atoms with van der Waals surface area (Å²) in [5.74, 6) is -1.11. The first kappa shape index (κ1) is 15.2. The van der Waals surface area contributed by atoms with E-state index in [4.69, 9.17) is 4.52 Å². The van der Waals surface area contributed by atoms with Crippen molar-refractivity contribution in [2.75, 3.05) is 0 Å². The zero-order chi connectivity index (χ0) is 16.8. The van der Waals surface area contributed by atoms with Crippen LogP contribution in [-0.2, 0) is 10.0 Å². The summed E-state index contributed by atoms with van der Waals surface area (Å²) in [6, 6.07) is 6.88. The van der Waals surface area contributed by atoms with Gasteiger partial charge in [0.25, 0.3) is 10.0 Å². The Balaban J connectivity index is 2.27. The van der Waals surface area contributed by atoms with Crippen molar-refractivity contribution in [3.8, 4) is 11.4 Å². The van der Waals surface area contributed by atoms with E-state index in [-0.39, 0.29) is 22.2 Å². The molecule has 0 atom stereocenters. The zero-order valence-corrected chi connectivity index (χ0v) is 13.4. The molecule has 0 bridgehead atoms. The number of aryl methyl sites for hydroxylation is 3. The normalized spacial score (nSPS) is 11.8. The van der Waals surface area contributed by atoms with Crippen LogP contribution in [0, 0.1) is 20.8 Å². The lowest BCUT2D eigenvalue weighted by atomic mass is 10.1. The molecule has 0 unspecified atom stereocenters. The van der Waals surface area contributed by atoms with Crippen LogP contribution in [-0.4, -0.2) is 22.7 Å². The van der Waals surface area contributed by atoms with Crippen molar-refractivity contribution in [2.45, 2.75) is 25.7 Å². The second-order valence-electron chi connectivity index (χ2n) is 5.06. The Bertz CT molecular complexity index is 1010. The van der Waals surface area contributed by atoms with Gasteiger partial charge in [0.1, 0.15) is 5.69 Å². The van der Waals surface area contributed by atoms with E-state index in [0.29, 0.717) is 9.54 Å². The van der Waals surface area contributed by atoms with Crippen molar-refractivity contribution < 1.29 is 17.5 Å². The van der Waals surface area contributed by atoms with Gasteiger partial charge in [-0.05, 0) is 20.8 Å². The Kier molecular flexibility index (Phi) is 3.44. The molecule has 23 heavy (non-hydrogen) atoms. The topological polar surface area (TPSA) is 108 Å². The molecule has 120 valence electrons. The number of rotatable bonds is 3. The van der Waals surface area contributed by atoms with Gasteiger partial charge >= 0.3 is 5.76 Å². The zero-order valence-electron chi connectivity index (χ0n) is 12.6. The first-order valence-electron chi connectivity index (χ1n) is 6.66. The van der Waals surface area contributed by atoms with Crippen molar-refractivity contribution in [2.24, 2.45) is 0 Å². The molecule has 1 aromatic carbocycles. The molecule has 0 amide bonds. The summed E-state index contributed by atoms with van der Waals surface area (Å²) in [4.78, 5) is 11.8. The third kappa shape index (κ3) is 2.38. The first-order chi connectivity index (χ1) is 10.8. The summed E-state index contributed by atoms with van der Waals surface area (Å²) in [5.41, 5.74) is 1.59. The van der Waals surface area contributed by atoms with Crippen LogP contribution in [0.5, 0.6) is 0 Å². The molecule has 8 nitrogen and oxygen atoms in total. The fourth-order valence-corrected chi connectivity index (χ4v) is 3.85. The van der Waals surface area contributed by atoms with Crippen LogP contribution in [0.4, 0.5) is 0 Å². The summed E-state index contributed by atoms with van der Waals surface area (Å²) in [6.07, 6.45) is 0. The summed E-state index contributed by atoms with van der Waals surface area (Å²) in [7, 11) is -4.24. The van der Waals surface area contributed by atoms with Crippen molar-refractivity contribution >= 4 is 10.0 Å². The number of benzene rings is 1. The minimum atomic E-state index is -4.24. The van der Waals surface area contributed by atoms with E-state index in [9.17, 15) is 13.2 Å². The van der Waals surface area contributed by atoms with Crippen LogP contribution >= 0.6 is 0 Å². The Morgan fingerprint density at radius 1 is 1.00 bits per heavy atom. The van der Waals surface area contributed by atoms with Gasteiger partial charge in [-0.1, -0.05) is 40.1 Å². The maximum Gasteiger partial charge on any atom is 0.456 e. The molecule has 0 spiro atoms. The highest BCUT2D eigenvalue weighted by molar-refractivity contribution is 7.90. The van der Waals surface area contributed by atoms with Crippen LogP contribution < -0.4 is 5.76 Å². The van der Waals surface area contributed by atoms with Crippen LogP contribution in [0.15, 0.2) is 43.0 Å². The Morgan fingerprint density at radius 3 is 2.22 bits per heavy atom. The molecule has 3 aromatic rings. The lowest BCUT2D eigenvalue weighted by Gasteiger charge is -2.06. The van der Waals surface area contributed by atoms with Gasteiger partial charge in [0, 0.05) is 5.56 Å². The van der Waals surface area contributed by atoms with E-state index in [0.717, 1.165) is 5.56 Å². The maximum absolute atomic E-state index is 12.8.